The molecule has 4 rings (SSSR count). The number of aromatic nitrogens is 2. The zero-order valence-electron chi connectivity index (χ0n) is 15.1. The molecule has 1 fully saturated rings. The van der Waals surface area contributed by atoms with E-state index in [1.807, 2.05) is 6.07 Å². The summed E-state index contributed by atoms with van der Waals surface area (Å²) in [6.07, 6.45) is 0. The molecular formula is C20H19ClN4O2S. The number of Topliss-reactive ketones (excluding diaryl/α,β-unsaturated/α-hetero) is 1. The summed E-state index contributed by atoms with van der Waals surface area (Å²) >= 11 is 6.96. The van der Waals surface area contributed by atoms with E-state index >= 15 is 0 Å². The van der Waals surface area contributed by atoms with E-state index in [4.69, 9.17) is 16.3 Å². The molecule has 28 heavy (non-hydrogen) atoms. The Morgan fingerprint density at radius 2 is 1.64 bits per heavy atom. The fraction of sp³-hybridized carbons (Fsp3) is 0.250. The number of hydrogen-bond acceptors (Lipinski definition) is 7. The number of ketones is 1. The van der Waals surface area contributed by atoms with Gasteiger partial charge in [0.25, 0.3) is 5.88 Å². The Morgan fingerprint density at radius 3 is 2.36 bits per heavy atom. The van der Waals surface area contributed by atoms with Crippen molar-refractivity contribution in [3.63, 3.8) is 0 Å². The van der Waals surface area contributed by atoms with Crippen LogP contribution in [0.2, 0.25) is 5.02 Å². The van der Waals surface area contributed by atoms with Crippen LogP contribution in [0.3, 0.4) is 0 Å². The summed E-state index contributed by atoms with van der Waals surface area (Å²) in [5.41, 5.74) is 1.79. The van der Waals surface area contributed by atoms with Gasteiger partial charge in [0.1, 0.15) is 0 Å². The summed E-state index contributed by atoms with van der Waals surface area (Å²) in [6.45, 7) is 3.35. The van der Waals surface area contributed by atoms with Gasteiger partial charge in [0.05, 0.1) is 11.7 Å². The number of rotatable bonds is 6. The lowest BCUT2D eigenvalue weighted by atomic mass is 10.1. The fourth-order valence-corrected chi connectivity index (χ4v) is 3.77. The zero-order chi connectivity index (χ0) is 19.3. The second-order valence-corrected chi connectivity index (χ2v) is 7.39. The average molecular weight is 415 g/mol. The molecule has 0 spiro atoms. The summed E-state index contributed by atoms with van der Waals surface area (Å²) in [7, 11) is 0. The predicted molar refractivity (Wildman–Crippen MR) is 112 cm³/mol. The van der Waals surface area contributed by atoms with Crippen LogP contribution >= 0.6 is 23.3 Å². The summed E-state index contributed by atoms with van der Waals surface area (Å²) in [5, 5.41) is 0.595. The van der Waals surface area contributed by atoms with E-state index in [-0.39, 0.29) is 12.4 Å². The van der Waals surface area contributed by atoms with Gasteiger partial charge in [0.2, 0.25) is 5.82 Å². The minimum absolute atomic E-state index is 0.0793. The van der Waals surface area contributed by atoms with Crippen LogP contribution in [0.5, 0.6) is 5.88 Å². The number of carbonyl (C=O) groups excluding carboxylic acids is 1. The number of para-hydroxylation sites is 1. The lowest BCUT2D eigenvalue weighted by Gasteiger charge is -2.36. The Kier molecular flexibility index (Phi) is 5.73. The molecule has 2 aromatic carbocycles. The predicted octanol–water partition coefficient (Wildman–Crippen LogP) is 3.78. The largest absolute Gasteiger partial charge is 0.466 e. The first-order valence-corrected chi connectivity index (χ1v) is 10.1. The molecule has 144 valence electrons. The van der Waals surface area contributed by atoms with E-state index in [2.05, 4.69) is 42.8 Å². The Bertz CT molecular complexity index is 925. The summed E-state index contributed by atoms with van der Waals surface area (Å²) in [4.78, 5) is 16.8. The number of hydrogen-bond donors (Lipinski definition) is 0. The molecule has 0 atom stereocenters. The first-order valence-electron chi connectivity index (χ1n) is 9.00. The molecule has 1 saturated heterocycles. The average Bonchev–Trinajstić information content (AvgIpc) is 3.22. The highest BCUT2D eigenvalue weighted by atomic mass is 35.5. The molecule has 2 heterocycles. The number of anilines is 2. The molecule has 0 saturated carbocycles. The normalized spacial score (nSPS) is 14.2. The second kappa shape index (κ2) is 8.58. The highest BCUT2D eigenvalue weighted by Crippen LogP contribution is 2.27. The molecule has 0 bridgehead atoms. The molecule has 8 heteroatoms. The van der Waals surface area contributed by atoms with Crippen molar-refractivity contribution in [1.29, 1.82) is 0 Å². The molecule has 0 aliphatic carbocycles. The van der Waals surface area contributed by atoms with Crippen LogP contribution < -0.4 is 14.5 Å². The van der Waals surface area contributed by atoms with Crippen LogP contribution in [0.15, 0.2) is 54.6 Å². The molecule has 1 aromatic heterocycles. The fourth-order valence-electron chi connectivity index (χ4n) is 3.13. The molecule has 3 aromatic rings. The van der Waals surface area contributed by atoms with E-state index in [0.29, 0.717) is 22.3 Å². The van der Waals surface area contributed by atoms with Crippen LogP contribution in [0.1, 0.15) is 10.4 Å². The summed E-state index contributed by atoms with van der Waals surface area (Å²) in [6, 6.07) is 17.1. The molecule has 0 unspecified atom stereocenters. The molecule has 6 nitrogen and oxygen atoms in total. The number of carbonyl (C=O) groups is 1. The Labute approximate surface area is 172 Å². The van der Waals surface area contributed by atoms with Crippen molar-refractivity contribution < 1.29 is 9.53 Å². The highest BCUT2D eigenvalue weighted by Gasteiger charge is 2.23. The van der Waals surface area contributed by atoms with Gasteiger partial charge in [-0.05, 0) is 36.4 Å². The molecule has 0 radical (unpaired) electrons. The standard InChI is InChI=1S/C20H19ClN4O2S/c21-16-8-6-15(7-9-16)18(26)14-27-20-19(22-28-23-20)25-12-10-24(11-13-25)17-4-2-1-3-5-17/h1-9H,10-14H2. The van der Waals surface area contributed by atoms with Gasteiger partial charge in [-0.2, -0.15) is 4.37 Å². The quantitative estimate of drug-likeness (QED) is 0.572. The minimum atomic E-state index is -0.121. The van der Waals surface area contributed by atoms with E-state index in [9.17, 15) is 4.79 Å². The third kappa shape index (κ3) is 4.26. The number of ether oxygens (including phenoxy) is 1. The Balaban J connectivity index is 1.35. The Morgan fingerprint density at radius 1 is 0.964 bits per heavy atom. The number of benzene rings is 2. The van der Waals surface area contributed by atoms with Crippen molar-refractivity contribution in [2.45, 2.75) is 0 Å². The van der Waals surface area contributed by atoms with Crippen molar-refractivity contribution in [2.75, 3.05) is 42.6 Å². The van der Waals surface area contributed by atoms with Gasteiger partial charge in [-0.3, -0.25) is 4.79 Å². The zero-order valence-corrected chi connectivity index (χ0v) is 16.7. The van der Waals surface area contributed by atoms with Crippen molar-refractivity contribution in [1.82, 2.24) is 8.75 Å². The van der Waals surface area contributed by atoms with Crippen LogP contribution in [0.25, 0.3) is 0 Å². The lowest BCUT2D eigenvalue weighted by molar-refractivity contribution is 0.0919. The van der Waals surface area contributed by atoms with E-state index < -0.39 is 0 Å². The first-order chi connectivity index (χ1) is 13.7. The number of halogens is 1. The van der Waals surface area contributed by atoms with Crippen LogP contribution in [0, 0.1) is 0 Å². The minimum Gasteiger partial charge on any atom is -0.466 e. The smallest absolute Gasteiger partial charge is 0.271 e. The van der Waals surface area contributed by atoms with Crippen molar-refractivity contribution >= 4 is 40.6 Å². The second-order valence-electron chi connectivity index (χ2n) is 6.42. The van der Waals surface area contributed by atoms with Gasteiger partial charge in [-0.1, -0.05) is 29.8 Å². The SMILES string of the molecule is O=C(COc1nsnc1N1CCN(c2ccccc2)CC1)c1ccc(Cl)cc1. The highest BCUT2D eigenvalue weighted by molar-refractivity contribution is 6.99. The van der Waals surface area contributed by atoms with E-state index in [1.54, 1.807) is 24.3 Å². The summed E-state index contributed by atoms with van der Waals surface area (Å²) in [5.74, 6) is 1.01. The third-order valence-corrected chi connectivity index (χ3v) is 5.40. The van der Waals surface area contributed by atoms with Crippen molar-refractivity contribution in [2.24, 2.45) is 0 Å². The van der Waals surface area contributed by atoms with E-state index in [0.717, 1.165) is 37.9 Å². The van der Waals surface area contributed by atoms with Gasteiger partial charge in [-0.25, -0.2) is 0 Å². The maximum atomic E-state index is 12.3. The number of nitrogens with zero attached hydrogens (tertiary/aromatic N) is 4. The monoisotopic (exact) mass is 414 g/mol. The summed E-state index contributed by atoms with van der Waals surface area (Å²) < 4.78 is 14.3. The molecule has 1 aliphatic rings. The molecule has 0 amide bonds. The van der Waals surface area contributed by atoms with Crippen molar-refractivity contribution in [3.8, 4) is 5.88 Å². The maximum absolute atomic E-state index is 12.3. The molecule has 1 aliphatic heterocycles. The molecular weight excluding hydrogens is 396 g/mol. The maximum Gasteiger partial charge on any atom is 0.271 e. The van der Waals surface area contributed by atoms with Gasteiger partial charge < -0.3 is 14.5 Å². The van der Waals surface area contributed by atoms with Gasteiger partial charge in [0, 0.05) is 42.5 Å². The Hall–Kier alpha value is -2.64. The van der Waals surface area contributed by atoms with Crippen LogP contribution in [-0.2, 0) is 0 Å². The lowest BCUT2D eigenvalue weighted by Crippen LogP contribution is -2.46. The topological polar surface area (TPSA) is 58.6 Å². The van der Waals surface area contributed by atoms with Crippen molar-refractivity contribution in [3.05, 3.63) is 65.2 Å². The van der Waals surface area contributed by atoms with Crippen LogP contribution in [-0.4, -0.2) is 47.3 Å². The van der Waals surface area contributed by atoms with Gasteiger partial charge >= 0.3 is 0 Å². The van der Waals surface area contributed by atoms with E-state index in [1.165, 1.54) is 5.69 Å². The van der Waals surface area contributed by atoms with Gasteiger partial charge in [-0.15, -0.1) is 4.37 Å². The van der Waals surface area contributed by atoms with Gasteiger partial charge in [0.15, 0.2) is 12.4 Å². The van der Waals surface area contributed by atoms with Crippen LogP contribution in [0.4, 0.5) is 11.5 Å². The molecule has 0 N–H and O–H groups in total. The first kappa shape index (κ1) is 18.7. The number of piperazine rings is 1. The third-order valence-electron chi connectivity index (χ3n) is 4.65.